The number of alkyl halides is 3. The van der Waals surface area contributed by atoms with E-state index in [9.17, 15) is 13.2 Å². The van der Waals surface area contributed by atoms with E-state index < -0.39 is 32.2 Å². The second-order valence-corrected chi connectivity index (χ2v) is 14.7. The van der Waals surface area contributed by atoms with Crippen molar-refractivity contribution in [3.05, 3.63) is 35.4 Å². The van der Waals surface area contributed by atoms with Crippen LogP contribution in [0.4, 0.5) is 13.2 Å². The Morgan fingerprint density at radius 1 is 0.875 bits per heavy atom. The quantitative estimate of drug-likeness (QED) is 0.475. The van der Waals surface area contributed by atoms with Gasteiger partial charge in [0.05, 0.1) is 19.8 Å². The molecule has 1 aromatic rings. The summed E-state index contributed by atoms with van der Waals surface area (Å²) in [5.74, 6) is 0.972. The molecule has 9 heteroatoms. The van der Waals surface area contributed by atoms with Crippen LogP contribution < -0.4 is 0 Å². The second-order valence-electron chi connectivity index (χ2n) is 9.90. The van der Waals surface area contributed by atoms with E-state index >= 15 is 0 Å². The van der Waals surface area contributed by atoms with Crippen molar-refractivity contribution in [3.63, 3.8) is 0 Å². The van der Waals surface area contributed by atoms with Crippen LogP contribution in [0.3, 0.4) is 0 Å². The Balaban J connectivity index is 2.60. The van der Waals surface area contributed by atoms with E-state index in [4.69, 9.17) is 23.9 Å². The van der Waals surface area contributed by atoms with Gasteiger partial charge in [0.15, 0.2) is 14.4 Å². The molecule has 1 aromatic carbocycles. The fourth-order valence-electron chi connectivity index (χ4n) is 3.19. The van der Waals surface area contributed by atoms with Crippen LogP contribution in [0.25, 0.3) is 0 Å². The highest BCUT2D eigenvalue weighted by molar-refractivity contribution is 6.74. The first kappa shape index (κ1) is 26.4. The Morgan fingerprint density at radius 3 is 1.75 bits per heavy atom. The van der Waals surface area contributed by atoms with Gasteiger partial charge in [-0.2, -0.15) is 13.2 Å². The van der Waals surface area contributed by atoms with Crippen LogP contribution in [0.15, 0.2) is 34.3 Å². The zero-order chi connectivity index (χ0) is 24.5. The van der Waals surface area contributed by atoms with Crippen LogP contribution in [-0.2, 0) is 20.1 Å². The highest BCUT2D eigenvalue weighted by atomic mass is 28.4. The van der Waals surface area contributed by atoms with Gasteiger partial charge in [-0.05, 0) is 41.7 Å². The molecular formula is C23H35F3N2O3Si. The average Bonchev–Trinajstić information content (AvgIpc) is 2.69. The molecule has 5 nitrogen and oxygen atoms in total. The minimum atomic E-state index is -4.41. The molecule has 0 aromatic heterocycles. The van der Waals surface area contributed by atoms with E-state index in [2.05, 4.69) is 33.9 Å². The highest BCUT2D eigenvalue weighted by Crippen LogP contribution is 2.42. The Bertz CT molecular complexity index is 844. The minimum Gasteiger partial charge on any atom is -0.483 e. The molecule has 1 aliphatic rings. The molecule has 32 heavy (non-hydrogen) atoms. The predicted molar refractivity (Wildman–Crippen MR) is 124 cm³/mol. The monoisotopic (exact) mass is 472 g/mol. The first-order chi connectivity index (χ1) is 14.6. The topological polar surface area (TPSA) is 52.4 Å². The summed E-state index contributed by atoms with van der Waals surface area (Å²) in [7, 11) is 0.721. The molecule has 0 aliphatic carbocycles. The first-order valence-corrected chi connectivity index (χ1v) is 13.6. The number of rotatable bonds is 5. The van der Waals surface area contributed by atoms with Gasteiger partial charge in [0.25, 0.3) is 0 Å². The van der Waals surface area contributed by atoms with Gasteiger partial charge in [-0.15, -0.1) is 0 Å². The molecule has 1 aliphatic heterocycles. The van der Waals surface area contributed by atoms with Crippen LogP contribution >= 0.6 is 0 Å². The predicted octanol–water partition coefficient (Wildman–Crippen LogP) is 6.26. The van der Waals surface area contributed by atoms with Crippen LogP contribution in [0.1, 0.15) is 51.8 Å². The summed E-state index contributed by atoms with van der Waals surface area (Å²) in [6.07, 6.45) is -5.08. The molecule has 180 valence electrons. The van der Waals surface area contributed by atoms with Crippen molar-refractivity contribution in [1.29, 1.82) is 0 Å². The third kappa shape index (κ3) is 5.73. The molecular weight excluding hydrogens is 437 g/mol. The van der Waals surface area contributed by atoms with Gasteiger partial charge in [0.2, 0.25) is 11.8 Å². The zero-order valence-electron chi connectivity index (χ0n) is 20.4. The molecule has 0 radical (unpaired) electrons. The number of methoxy groups -OCH3 is 2. The summed E-state index contributed by atoms with van der Waals surface area (Å²) in [6.45, 7) is 14.5. The Kier molecular flexibility index (Phi) is 7.87. The fourth-order valence-corrected chi connectivity index (χ4v) is 4.44. The van der Waals surface area contributed by atoms with E-state index in [1.165, 1.54) is 19.2 Å². The zero-order valence-corrected chi connectivity index (χ0v) is 21.4. The third-order valence-electron chi connectivity index (χ3n) is 6.17. The molecule has 0 saturated heterocycles. The maximum Gasteiger partial charge on any atom is 0.416 e. The standard InChI is InChI=1S/C23H35F3N2O3Si/c1-14(2)17-20(29-6)28-18(21(27-17)30-7)19(31-32(8,9)22(3,4)5)15-10-12-16(13-11-15)23(24,25)26/h10-14,17-19H,1-9H3. The van der Waals surface area contributed by atoms with E-state index in [-0.39, 0.29) is 17.0 Å². The number of hydrogen-bond acceptors (Lipinski definition) is 5. The molecule has 0 bridgehead atoms. The number of aliphatic imine (C=N–C) groups is 2. The molecule has 1 heterocycles. The lowest BCUT2D eigenvalue weighted by atomic mass is 9.97. The lowest BCUT2D eigenvalue weighted by Crippen LogP contribution is -2.47. The molecule has 2 rings (SSSR count). The van der Waals surface area contributed by atoms with Gasteiger partial charge in [-0.1, -0.05) is 46.8 Å². The lowest BCUT2D eigenvalue weighted by molar-refractivity contribution is -0.137. The normalized spacial score (nSPS) is 21.2. The summed E-state index contributed by atoms with van der Waals surface area (Å²) in [5, 5.41) is -0.121. The van der Waals surface area contributed by atoms with Crippen molar-refractivity contribution in [2.24, 2.45) is 15.9 Å². The molecule has 0 amide bonds. The van der Waals surface area contributed by atoms with E-state index in [0.29, 0.717) is 17.4 Å². The van der Waals surface area contributed by atoms with Gasteiger partial charge in [-0.25, -0.2) is 9.98 Å². The smallest absolute Gasteiger partial charge is 0.416 e. The maximum atomic E-state index is 13.1. The molecule has 3 atom stereocenters. The Labute approximate surface area is 190 Å². The van der Waals surface area contributed by atoms with Crippen LogP contribution in [0.2, 0.25) is 18.1 Å². The Hall–Kier alpha value is -1.87. The number of benzene rings is 1. The van der Waals surface area contributed by atoms with Crippen LogP contribution in [-0.4, -0.2) is 46.4 Å². The van der Waals surface area contributed by atoms with Gasteiger partial charge in [0.1, 0.15) is 12.1 Å². The second kappa shape index (κ2) is 9.55. The van der Waals surface area contributed by atoms with Crippen LogP contribution in [0, 0.1) is 5.92 Å². The maximum absolute atomic E-state index is 13.1. The van der Waals surface area contributed by atoms with E-state index in [1.807, 2.05) is 13.8 Å². The Morgan fingerprint density at radius 2 is 1.34 bits per heavy atom. The lowest BCUT2D eigenvalue weighted by Gasteiger charge is -2.41. The summed E-state index contributed by atoms with van der Waals surface area (Å²) in [6, 6.07) is 4.07. The summed E-state index contributed by atoms with van der Waals surface area (Å²) in [5.41, 5.74) is -0.127. The minimum absolute atomic E-state index is 0.121. The molecule has 0 fully saturated rings. The summed E-state index contributed by atoms with van der Waals surface area (Å²) >= 11 is 0. The number of hydrogen-bond donors (Lipinski definition) is 0. The molecule has 0 spiro atoms. The number of nitrogens with zero attached hydrogens (tertiary/aromatic N) is 2. The van der Waals surface area contributed by atoms with Gasteiger partial charge < -0.3 is 13.9 Å². The number of ether oxygens (including phenoxy) is 2. The van der Waals surface area contributed by atoms with Crippen molar-refractivity contribution in [1.82, 2.24) is 0 Å². The molecule has 0 saturated carbocycles. The SMILES string of the molecule is COC1=NC(C(O[Si](C)(C)C(C)(C)C)c2ccc(C(F)(F)F)cc2)C(OC)=NC1C(C)C. The summed E-state index contributed by atoms with van der Waals surface area (Å²) < 4.78 is 57.2. The molecule has 3 unspecified atom stereocenters. The van der Waals surface area contributed by atoms with Crippen molar-refractivity contribution >= 4 is 20.1 Å². The number of halogens is 3. The average molecular weight is 473 g/mol. The van der Waals surface area contributed by atoms with Gasteiger partial charge in [0, 0.05) is 0 Å². The van der Waals surface area contributed by atoms with Gasteiger partial charge >= 0.3 is 6.18 Å². The van der Waals surface area contributed by atoms with Gasteiger partial charge in [-0.3, -0.25) is 0 Å². The van der Waals surface area contributed by atoms with Crippen molar-refractivity contribution in [3.8, 4) is 0 Å². The van der Waals surface area contributed by atoms with Crippen molar-refractivity contribution < 1.29 is 27.1 Å². The summed E-state index contributed by atoms with van der Waals surface area (Å²) in [4.78, 5) is 9.51. The first-order valence-electron chi connectivity index (χ1n) is 10.7. The molecule has 0 N–H and O–H groups in total. The van der Waals surface area contributed by atoms with E-state index in [1.54, 1.807) is 7.11 Å². The third-order valence-corrected chi connectivity index (χ3v) is 10.6. The highest BCUT2D eigenvalue weighted by Gasteiger charge is 2.44. The fraction of sp³-hybridized carbons (Fsp3) is 0.652. The van der Waals surface area contributed by atoms with E-state index in [0.717, 1.165) is 12.1 Å². The van der Waals surface area contributed by atoms with Crippen molar-refractivity contribution in [2.75, 3.05) is 14.2 Å². The largest absolute Gasteiger partial charge is 0.483 e. The van der Waals surface area contributed by atoms with Crippen LogP contribution in [0.5, 0.6) is 0 Å². The van der Waals surface area contributed by atoms with Crippen molar-refractivity contribution in [2.45, 2.75) is 77.1 Å².